The summed E-state index contributed by atoms with van der Waals surface area (Å²) in [5.41, 5.74) is 3.50. The van der Waals surface area contributed by atoms with Crippen molar-refractivity contribution in [2.24, 2.45) is 17.8 Å². The summed E-state index contributed by atoms with van der Waals surface area (Å²) >= 11 is 6.47. The summed E-state index contributed by atoms with van der Waals surface area (Å²) in [7, 11) is -3.91. The molecular weight excluding hydrogens is 658 g/mol. The number of piperidine rings is 1. The second-order valence-electron chi connectivity index (χ2n) is 15.3. The number of likely N-dealkylation sites (tertiary alicyclic amines) is 1. The highest BCUT2D eigenvalue weighted by Gasteiger charge is 2.44. The number of fused-ring (bicyclic) bond motifs is 4. The Morgan fingerprint density at radius 2 is 1.90 bits per heavy atom. The number of benzene rings is 2. The number of sulfonamides is 1. The fourth-order valence-corrected chi connectivity index (χ4v) is 10.3. The molecule has 1 amide bonds. The summed E-state index contributed by atoms with van der Waals surface area (Å²) in [6, 6.07) is 11.6. The van der Waals surface area contributed by atoms with Crippen molar-refractivity contribution >= 4 is 33.2 Å². The number of anilines is 1. The van der Waals surface area contributed by atoms with Gasteiger partial charge in [0.05, 0.1) is 30.3 Å². The lowest BCUT2D eigenvalue weighted by atomic mass is 9.68. The first-order valence-corrected chi connectivity index (χ1v) is 20.4. The molecule has 2 fully saturated rings. The van der Waals surface area contributed by atoms with Crippen LogP contribution in [-0.2, 0) is 26.6 Å². The first-order chi connectivity index (χ1) is 23.6. The van der Waals surface area contributed by atoms with E-state index < -0.39 is 21.2 Å². The van der Waals surface area contributed by atoms with Crippen LogP contribution in [0.4, 0.5) is 5.69 Å². The Hall–Kier alpha value is -2.59. The molecule has 2 aliphatic carbocycles. The van der Waals surface area contributed by atoms with Crippen LogP contribution < -0.4 is 14.4 Å². The van der Waals surface area contributed by atoms with Gasteiger partial charge in [-0.1, -0.05) is 43.2 Å². The molecule has 1 spiro atoms. The smallest absolute Gasteiger partial charge is 0.264 e. The van der Waals surface area contributed by atoms with Crippen molar-refractivity contribution in [2.45, 2.75) is 88.4 Å². The summed E-state index contributed by atoms with van der Waals surface area (Å²) in [5, 5.41) is 0.00831. The molecule has 10 heteroatoms. The Kier molecular flexibility index (Phi) is 10.4. The van der Waals surface area contributed by atoms with Gasteiger partial charge in [-0.25, -0.2) is 13.1 Å². The highest BCUT2D eigenvalue weighted by molar-refractivity contribution is 7.90. The van der Waals surface area contributed by atoms with Gasteiger partial charge in [0.15, 0.2) is 0 Å². The van der Waals surface area contributed by atoms with E-state index >= 15 is 0 Å². The van der Waals surface area contributed by atoms with Gasteiger partial charge in [0.1, 0.15) is 5.75 Å². The second-order valence-corrected chi connectivity index (χ2v) is 17.8. The molecule has 266 valence electrons. The van der Waals surface area contributed by atoms with Crippen molar-refractivity contribution in [1.82, 2.24) is 9.62 Å². The van der Waals surface area contributed by atoms with Crippen LogP contribution in [0.2, 0.25) is 5.02 Å². The van der Waals surface area contributed by atoms with E-state index in [0.717, 1.165) is 81.3 Å². The van der Waals surface area contributed by atoms with E-state index in [1.54, 1.807) is 13.0 Å². The molecule has 7 rings (SSSR count). The Morgan fingerprint density at radius 3 is 2.69 bits per heavy atom. The van der Waals surface area contributed by atoms with E-state index in [2.05, 4.69) is 38.8 Å². The van der Waals surface area contributed by atoms with Crippen LogP contribution in [-0.4, -0.2) is 76.5 Å². The Bertz CT molecular complexity index is 1660. The van der Waals surface area contributed by atoms with Crippen LogP contribution in [0.1, 0.15) is 86.7 Å². The monoisotopic (exact) mass is 709 g/mol. The maximum atomic E-state index is 13.5. The lowest BCUT2D eigenvalue weighted by molar-refractivity contribution is -0.0220. The van der Waals surface area contributed by atoms with Gasteiger partial charge in [-0.2, -0.15) is 0 Å². The predicted octanol–water partition coefficient (Wildman–Crippen LogP) is 6.75. The zero-order valence-electron chi connectivity index (χ0n) is 29.0. The average Bonchev–Trinajstić information content (AvgIpc) is 3.22. The number of hydrogen-bond donors (Lipinski definition) is 1. The number of nitrogens with one attached hydrogen (secondary N) is 1. The van der Waals surface area contributed by atoms with Gasteiger partial charge < -0.3 is 19.3 Å². The number of carbonyl (C=O) groups excluding carboxylic acids is 1. The maximum absolute atomic E-state index is 13.5. The van der Waals surface area contributed by atoms with Gasteiger partial charge >= 0.3 is 0 Å². The molecule has 2 aromatic carbocycles. The molecule has 49 heavy (non-hydrogen) atoms. The van der Waals surface area contributed by atoms with E-state index in [-0.39, 0.29) is 17.4 Å². The number of aryl methyl sites for hydroxylation is 1. The van der Waals surface area contributed by atoms with Gasteiger partial charge in [-0.15, -0.1) is 0 Å². The standard InChI is InChI=1S/C39H52ClN3O5S/c1-27-8-6-10-36(47-21-20-42-18-4-3-5-19-42)33-14-11-31(33)24-43-25-39(17-7-9-29-22-32(40)13-15-34(29)39)26-48-37-16-12-30(23-35(37)43)38(44)41-49(45,46)28(27)2/h6,10,12-13,15-16,22-23,27-28,31,33,36H,3-5,7-9,11,14,17-21,24-26H2,1-2H3,(H,41,44)/b10-6+/t27-,28+,31-,33+,36-,39-/m0/s1. The molecule has 5 aliphatic rings. The minimum atomic E-state index is -3.91. The maximum Gasteiger partial charge on any atom is 0.264 e. The van der Waals surface area contributed by atoms with Crippen molar-refractivity contribution in [3.8, 4) is 5.75 Å². The van der Waals surface area contributed by atoms with Crippen molar-refractivity contribution in [3.05, 3.63) is 70.3 Å². The van der Waals surface area contributed by atoms with E-state index in [4.69, 9.17) is 21.1 Å². The molecule has 1 saturated heterocycles. The van der Waals surface area contributed by atoms with E-state index in [9.17, 15) is 13.2 Å². The Balaban J connectivity index is 1.23. The Labute approximate surface area is 297 Å². The first-order valence-electron chi connectivity index (χ1n) is 18.5. The van der Waals surface area contributed by atoms with E-state index in [1.165, 1.54) is 30.4 Å². The third-order valence-electron chi connectivity index (χ3n) is 12.2. The molecule has 2 bridgehead atoms. The number of amides is 1. The molecule has 3 aliphatic heterocycles. The average molecular weight is 710 g/mol. The van der Waals surface area contributed by atoms with Crippen molar-refractivity contribution in [3.63, 3.8) is 0 Å². The predicted molar refractivity (Wildman–Crippen MR) is 195 cm³/mol. The van der Waals surface area contributed by atoms with Crippen LogP contribution in [0.25, 0.3) is 0 Å². The summed E-state index contributed by atoms with van der Waals surface area (Å²) < 4.78 is 42.6. The lowest BCUT2D eigenvalue weighted by Crippen LogP contribution is -2.50. The normalized spacial score (nSPS) is 32.5. The molecule has 3 heterocycles. The van der Waals surface area contributed by atoms with Crippen molar-refractivity contribution in [2.75, 3.05) is 50.8 Å². The quantitative estimate of drug-likeness (QED) is 0.352. The number of halogens is 1. The minimum absolute atomic E-state index is 0.0317. The molecule has 1 saturated carbocycles. The number of carbonyl (C=O) groups is 1. The largest absolute Gasteiger partial charge is 0.490 e. The lowest BCUT2D eigenvalue weighted by Gasteiger charge is -2.46. The van der Waals surface area contributed by atoms with Gasteiger partial charge in [0.25, 0.3) is 5.91 Å². The molecular formula is C39H52ClN3O5S. The zero-order chi connectivity index (χ0) is 34.2. The van der Waals surface area contributed by atoms with Gasteiger partial charge in [-0.3, -0.25) is 4.79 Å². The zero-order valence-corrected chi connectivity index (χ0v) is 30.6. The third kappa shape index (κ3) is 7.42. The highest BCUT2D eigenvalue weighted by atomic mass is 35.5. The first kappa shape index (κ1) is 34.8. The Morgan fingerprint density at radius 1 is 1.06 bits per heavy atom. The topological polar surface area (TPSA) is 88.2 Å². The second kappa shape index (κ2) is 14.6. The SMILES string of the molecule is C[C@@H]1[C@@H](C)C/C=C/[C@H](OCCN2CCCCC2)[C@@H]2CC[C@H]2CN2C[C@@]3(CCCc4cc(Cl)ccc43)COc3ccc(cc32)C(=O)NS1(=O)=O. The van der Waals surface area contributed by atoms with Crippen LogP contribution in [0.3, 0.4) is 0 Å². The van der Waals surface area contributed by atoms with E-state index in [0.29, 0.717) is 37.0 Å². The summed E-state index contributed by atoms with van der Waals surface area (Å²) in [6.07, 6.45) is 14.0. The van der Waals surface area contributed by atoms with E-state index in [1.807, 2.05) is 25.1 Å². The minimum Gasteiger partial charge on any atom is -0.490 e. The fraction of sp³-hybridized carbons (Fsp3) is 0.615. The highest BCUT2D eigenvalue weighted by Crippen LogP contribution is 2.47. The third-order valence-corrected chi connectivity index (χ3v) is 14.3. The number of allylic oxidation sites excluding steroid dienone is 1. The molecule has 6 atom stereocenters. The molecule has 1 N–H and O–H groups in total. The van der Waals surface area contributed by atoms with Crippen molar-refractivity contribution in [1.29, 1.82) is 0 Å². The van der Waals surface area contributed by atoms with Crippen LogP contribution >= 0.6 is 11.6 Å². The fourth-order valence-electron chi connectivity index (χ4n) is 8.82. The summed E-state index contributed by atoms with van der Waals surface area (Å²) in [4.78, 5) is 18.5. The molecule has 0 radical (unpaired) electrons. The van der Waals surface area contributed by atoms with Gasteiger partial charge in [-0.05, 0) is 131 Å². The number of ether oxygens (including phenoxy) is 2. The number of nitrogens with zero attached hydrogens (tertiary/aromatic N) is 2. The van der Waals surface area contributed by atoms with Crippen LogP contribution in [0.15, 0.2) is 48.6 Å². The number of rotatable bonds is 4. The van der Waals surface area contributed by atoms with Crippen LogP contribution in [0.5, 0.6) is 5.75 Å². The van der Waals surface area contributed by atoms with Crippen LogP contribution in [0, 0.1) is 17.8 Å². The summed E-state index contributed by atoms with van der Waals surface area (Å²) in [6.45, 7) is 9.62. The molecule has 0 aromatic heterocycles. The molecule has 2 aromatic rings. The van der Waals surface area contributed by atoms with Gasteiger partial charge in [0.2, 0.25) is 10.0 Å². The summed E-state index contributed by atoms with van der Waals surface area (Å²) in [5.74, 6) is 0.703. The van der Waals surface area contributed by atoms with Crippen molar-refractivity contribution < 1.29 is 22.7 Å². The molecule has 8 nitrogen and oxygen atoms in total. The number of hydrogen-bond acceptors (Lipinski definition) is 7. The molecule has 0 unspecified atom stereocenters. The van der Waals surface area contributed by atoms with Gasteiger partial charge in [0, 0.05) is 35.6 Å².